The Morgan fingerprint density at radius 2 is 2.31 bits per heavy atom. The molecule has 0 N–H and O–H groups in total. The van der Waals surface area contributed by atoms with E-state index in [0.29, 0.717) is 6.61 Å². The van der Waals surface area contributed by atoms with Gasteiger partial charge in [-0.3, -0.25) is 4.79 Å². The fourth-order valence-electron chi connectivity index (χ4n) is 0.763. The molecule has 0 radical (unpaired) electrons. The van der Waals surface area contributed by atoms with E-state index in [1.807, 2.05) is 0 Å². The SMILES string of the molecule is C=CC(COC(C)=O)OCCCC. The van der Waals surface area contributed by atoms with Crippen LogP contribution in [0.25, 0.3) is 0 Å². The van der Waals surface area contributed by atoms with Crippen molar-refractivity contribution in [3.63, 3.8) is 0 Å². The minimum Gasteiger partial charge on any atom is -0.463 e. The maximum absolute atomic E-state index is 10.5. The minimum absolute atomic E-state index is 0.171. The van der Waals surface area contributed by atoms with Crippen LogP contribution in [0.5, 0.6) is 0 Å². The maximum Gasteiger partial charge on any atom is 0.302 e. The average Bonchev–Trinajstić information content (AvgIpc) is 2.10. The molecule has 0 heterocycles. The fourth-order valence-corrected chi connectivity index (χ4v) is 0.763. The zero-order valence-electron chi connectivity index (χ0n) is 8.41. The normalized spacial score (nSPS) is 12.2. The molecule has 0 aliphatic heterocycles. The van der Waals surface area contributed by atoms with Gasteiger partial charge in [-0.05, 0) is 6.42 Å². The molecular weight excluding hydrogens is 168 g/mol. The molecule has 0 amide bonds. The topological polar surface area (TPSA) is 35.5 Å². The number of ether oxygens (including phenoxy) is 2. The van der Waals surface area contributed by atoms with Crippen molar-refractivity contribution in [2.75, 3.05) is 13.2 Å². The Balaban J connectivity index is 3.51. The lowest BCUT2D eigenvalue weighted by Crippen LogP contribution is -2.19. The van der Waals surface area contributed by atoms with Crippen LogP contribution in [0, 0.1) is 0 Å². The number of carbonyl (C=O) groups excluding carboxylic acids is 1. The van der Waals surface area contributed by atoms with Crippen molar-refractivity contribution in [2.24, 2.45) is 0 Å². The van der Waals surface area contributed by atoms with Gasteiger partial charge in [-0.2, -0.15) is 0 Å². The highest BCUT2D eigenvalue weighted by atomic mass is 16.6. The van der Waals surface area contributed by atoms with Crippen LogP contribution < -0.4 is 0 Å². The lowest BCUT2D eigenvalue weighted by atomic mass is 10.3. The Hall–Kier alpha value is -0.830. The fraction of sp³-hybridized carbons (Fsp3) is 0.700. The predicted octanol–water partition coefficient (Wildman–Crippen LogP) is 1.92. The number of hydrogen-bond acceptors (Lipinski definition) is 3. The number of hydrogen-bond donors (Lipinski definition) is 0. The van der Waals surface area contributed by atoms with Crippen LogP contribution in [0.4, 0.5) is 0 Å². The molecule has 0 aromatic heterocycles. The van der Waals surface area contributed by atoms with Gasteiger partial charge >= 0.3 is 5.97 Å². The average molecular weight is 186 g/mol. The van der Waals surface area contributed by atoms with Crippen molar-refractivity contribution in [1.29, 1.82) is 0 Å². The number of rotatable bonds is 7. The third-order valence-corrected chi connectivity index (χ3v) is 1.54. The first kappa shape index (κ1) is 12.2. The van der Waals surface area contributed by atoms with Crippen LogP contribution in [-0.2, 0) is 14.3 Å². The molecule has 0 aliphatic rings. The van der Waals surface area contributed by atoms with E-state index in [9.17, 15) is 4.79 Å². The molecule has 0 spiro atoms. The minimum atomic E-state index is -0.286. The van der Waals surface area contributed by atoms with Crippen LogP contribution in [0.2, 0.25) is 0 Å². The van der Waals surface area contributed by atoms with E-state index in [0.717, 1.165) is 12.8 Å². The summed E-state index contributed by atoms with van der Waals surface area (Å²) in [5, 5.41) is 0. The molecule has 1 atom stereocenters. The lowest BCUT2D eigenvalue weighted by molar-refractivity contribution is -0.144. The molecule has 3 heteroatoms. The highest BCUT2D eigenvalue weighted by Crippen LogP contribution is 1.98. The summed E-state index contributed by atoms with van der Waals surface area (Å²) in [6, 6.07) is 0. The van der Waals surface area contributed by atoms with Crippen LogP contribution >= 0.6 is 0 Å². The molecule has 0 aromatic rings. The summed E-state index contributed by atoms with van der Waals surface area (Å²) < 4.78 is 10.2. The first-order valence-corrected chi connectivity index (χ1v) is 4.58. The summed E-state index contributed by atoms with van der Waals surface area (Å²) in [4.78, 5) is 10.5. The lowest BCUT2D eigenvalue weighted by Gasteiger charge is -2.12. The van der Waals surface area contributed by atoms with E-state index in [1.165, 1.54) is 6.92 Å². The smallest absolute Gasteiger partial charge is 0.302 e. The number of carbonyl (C=O) groups is 1. The zero-order valence-corrected chi connectivity index (χ0v) is 8.41. The van der Waals surface area contributed by atoms with Crippen molar-refractivity contribution in [1.82, 2.24) is 0 Å². The molecule has 13 heavy (non-hydrogen) atoms. The van der Waals surface area contributed by atoms with Crippen LogP contribution in [0.3, 0.4) is 0 Å². The summed E-state index contributed by atoms with van der Waals surface area (Å²) in [5.74, 6) is -0.286. The van der Waals surface area contributed by atoms with Crippen molar-refractivity contribution in [3.05, 3.63) is 12.7 Å². The van der Waals surface area contributed by atoms with Crippen molar-refractivity contribution >= 4 is 5.97 Å². The summed E-state index contributed by atoms with van der Waals surface area (Å²) in [7, 11) is 0. The number of esters is 1. The first-order chi connectivity index (χ1) is 6.20. The second-order valence-corrected chi connectivity index (χ2v) is 2.80. The monoisotopic (exact) mass is 186 g/mol. The molecule has 0 aromatic carbocycles. The summed E-state index contributed by atoms with van der Waals surface area (Å²) in [6.07, 6.45) is 3.59. The molecule has 0 aliphatic carbocycles. The Kier molecular flexibility index (Phi) is 7.30. The van der Waals surface area contributed by atoms with Crippen LogP contribution in [0.1, 0.15) is 26.7 Å². The highest BCUT2D eigenvalue weighted by molar-refractivity contribution is 5.65. The second-order valence-electron chi connectivity index (χ2n) is 2.80. The Labute approximate surface area is 79.7 Å². The van der Waals surface area contributed by atoms with Crippen molar-refractivity contribution < 1.29 is 14.3 Å². The largest absolute Gasteiger partial charge is 0.463 e. The molecule has 0 saturated heterocycles. The molecule has 0 fully saturated rings. The standard InChI is InChI=1S/C10H18O3/c1-4-6-7-12-10(5-2)8-13-9(3)11/h5,10H,2,4,6-8H2,1,3H3. The third kappa shape index (κ3) is 7.53. The van der Waals surface area contributed by atoms with E-state index in [2.05, 4.69) is 13.5 Å². The molecule has 0 saturated carbocycles. The van der Waals surface area contributed by atoms with E-state index in [4.69, 9.17) is 9.47 Å². The van der Waals surface area contributed by atoms with Gasteiger partial charge in [0.2, 0.25) is 0 Å². The highest BCUT2D eigenvalue weighted by Gasteiger charge is 2.05. The molecule has 3 nitrogen and oxygen atoms in total. The Morgan fingerprint density at radius 1 is 1.62 bits per heavy atom. The van der Waals surface area contributed by atoms with Gasteiger partial charge in [-0.15, -0.1) is 6.58 Å². The molecule has 76 valence electrons. The Morgan fingerprint density at radius 3 is 2.77 bits per heavy atom. The van der Waals surface area contributed by atoms with Gasteiger partial charge < -0.3 is 9.47 Å². The van der Waals surface area contributed by atoms with Gasteiger partial charge in [0, 0.05) is 13.5 Å². The second kappa shape index (κ2) is 7.80. The van der Waals surface area contributed by atoms with E-state index < -0.39 is 0 Å². The van der Waals surface area contributed by atoms with Gasteiger partial charge in [-0.1, -0.05) is 19.4 Å². The summed E-state index contributed by atoms with van der Waals surface area (Å²) >= 11 is 0. The summed E-state index contributed by atoms with van der Waals surface area (Å²) in [6.45, 7) is 8.03. The van der Waals surface area contributed by atoms with E-state index in [1.54, 1.807) is 6.08 Å². The first-order valence-electron chi connectivity index (χ1n) is 4.58. The van der Waals surface area contributed by atoms with Gasteiger partial charge in [-0.25, -0.2) is 0 Å². The van der Waals surface area contributed by atoms with Crippen LogP contribution in [0.15, 0.2) is 12.7 Å². The quantitative estimate of drug-likeness (QED) is 0.346. The summed E-state index contributed by atoms with van der Waals surface area (Å²) in [5.41, 5.74) is 0. The van der Waals surface area contributed by atoms with Crippen LogP contribution in [-0.4, -0.2) is 25.3 Å². The van der Waals surface area contributed by atoms with Gasteiger partial charge in [0.15, 0.2) is 0 Å². The predicted molar refractivity (Wildman–Crippen MR) is 51.5 cm³/mol. The maximum atomic E-state index is 10.5. The number of unbranched alkanes of at least 4 members (excludes halogenated alkanes) is 1. The van der Waals surface area contributed by atoms with Crippen molar-refractivity contribution in [2.45, 2.75) is 32.8 Å². The van der Waals surface area contributed by atoms with Crippen molar-refractivity contribution in [3.8, 4) is 0 Å². The van der Waals surface area contributed by atoms with E-state index in [-0.39, 0.29) is 18.7 Å². The third-order valence-electron chi connectivity index (χ3n) is 1.54. The van der Waals surface area contributed by atoms with Gasteiger partial charge in [0.1, 0.15) is 12.7 Å². The van der Waals surface area contributed by atoms with Gasteiger partial charge in [0.25, 0.3) is 0 Å². The molecular formula is C10H18O3. The Bertz CT molecular complexity index is 154. The zero-order chi connectivity index (χ0) is 10.1. The molecule has 0 rings (SSSR count). The molecule has 0 bridgehead atoms. The molecule has 1 unspecified atom stereocenters. The van der Waals surface area contributed by atoms with E-state index >= 15 is 0 Å². The van der Waals surface area contributed by atoms with Gasteiger partial charge in [0.05, 0.1) is 0 Å².